The van der Waals surface area contributed by atoms with Crippen LogP contribution < -0.4 is 4.90 Å². The number of alkyl halides is 3. The van der Waals surface area contributed by atoms with E-state index in [2.05, 4.69) is 4.98 Å². The number of imide groups is 1. The number of carbonyl (C=O) groups is 2. The maximum Gasteiger partial charge on any atom is 0.417 e. The number of allylic oxidation sites excluding steroid dienone is 2. The van der Waals surface area contributed by atoms with Gasteiger partial charge in [-0.25, -0.2) is 9.88 Å². The highest BCUT2D eigenvalue weighted by Crippen LogP contribution is 2.53. The third kappa shape index (κ3) is 2.64. The van der Waals surface area contributed by atoms with Crippen LogP contribution in [-0.2, 0) is 15.8 Å². The average molecular weight is 440 g/mol. The molecule has 3 aliphatic rings. The second kappa shape index (κ2) is 6.26. The van der Waals surface area contributed by atoms with Crippen molar-refractivity contribution in [2.45, 2.75) is 12.6 Å². The van der Waals surface area contributed by atoms with Crippen molar-refractivity contribution < 1.29 is 22.8 Å². The lowest BCUT2D eigenvalue weighted by Crippen LogP contribution is -2.32. The van der Waals surface area contributed by atoms with Crippen molar-refractivity contribution in [1.82, 2.24) is 4.98 Å². The van der Waals surface area contributed by atoms with Gasteiger partial charge in [0.25, 0.3) is 0 Å². The fraction of sp³-hybridized carbons (Fsp3) is 0.261. The normalized spacial score (nSPS) is 27.0. The highest BCUT2D eigenvalue weighted by molar-refractivity contribution is 7.22. The highest BCUT2D eigenvalue weighted by atomic mass is 32.1. The molecule has 2 fully saturated rings. The second-order valence-corrected chi connectivity index (χ2v) is 9.24. The Morgan fingerprint density at radius 1 is 0.968 bits per heavy atom. The van der Waals surface area contributed by atoms with Gasteiger partial charge in [-0.3, -0.25) is 9.59 Å². The minimum absolute atomic E-state index is 0.0809. The molecule has 1 saturated heterocycles. The first kappa shape index (κ1) is 18.7. The number of aromatic nitrogens is 1. The first-order valence-electron chi connectivity index (χ1n) is 9.96. The van der Waals surface area contributed by atoms with Crippen LogP contribution in [0, 0.1) is 23.7 Å². The fourth-order valence-electron chi connectivity index (χ4n) is 5.25. The molecule has 2 amide bonds. The summed E-state index contributed by atoms with van der Waals surface area (Å²) in [6, 6.07) is 10.3. The molecule has 1 saturated carbocycles. The van der Waals surface area contributed by atoms with Crippen molar-refractivity contribution in [3.05, 3.63) is 60.2 Å². The molecular formula is C23H15F3N2O2S. The van der Waals surface area contributed by atoms with Gasteiger partial charge in [0.05, 0.1) is 27.6 Å². The van der Waals surface area contributed by atoms with E-state index in [1.54, 1.807) is 24.3 Å². The summed E-state index contributed by atoms with van der Waals surface area (Å²) in [5.41, 5.74) is 0.331. The molecule has 2 bridgehead atoms. The van der Waals surface area contributed by atoms with E-state index in [0.717, 1.165) is 23.8 Å². The molecule has 8 heteroatoms. The van der Waals surface area contributed by atoms with Gasteiger partial charge in [0.15, 0.2) is 5.13 Å². The Morgan fingerprint density at radius 3 is 2.32 bits per heavy atom. The number of rotatable bonds is 2. The van der Waals surface area contributed by atoms with Crippen LogP contribution in [0.3, 0.4) is 0 Å². The van der Waals surface area contributed by atoms with E-state index >= 15 is 0 Å². The summed E-state index contributed by atoms with van der Waals surface area (Å²) in [6.07, 6.45) is 0.443. The number of thiazole rings is 1. The van der Waals surface area contributed by atoms with Gasteiger partial charge in [0.2, 0.25) is 11.8 Å². The number of hydrogen-bond acceptors (Lipinski definition) is 4. The molecule has 2 heterocycles. The van der Waals surface area contributed by atoms with Gasteiger partial charge in [0, 0.05) is 0 Å². The van der Waals surface area contributed by atoms with E-state index in [0.29, 0.717) is 20.9 Å². The molecular weight excluding hydrogens is 425 g/mol. The number of hydrogen-bond donors (Lipinski definition) is 0. The maximum absolute atomic E-state index is 13.4. The number of amides is 2. The molecule has 0 unspecified atom stereocenters. The summed E-state index contributed by atoms with van der Waals surface area (Å²) < 4.78 is 40.9. The SMILES string of the molecule is O=C1[C@@H]2[C@H](C(=O)N1c1nc3ccc(-c4ccccc4C(F)(F)F)cc3s1)[C@@H]1C=C[C@H]2C1. The van der Waals surface area contributed by atoms with Gasteiger partial charge in [-0.15, -0.1) is 0 Å². The van der Waals surface area contributed by atoms with Crippen molar-refractivity contribution in [2.75, 3.05) is 4.90 Å². The summed E-state index contributed by atoms with van der Waals surface area (Å²) in [5.74, 6) is -0.845. The van der Waals surface area contributed by atoms with Crippen LogP contribution in [0.5, 0.6) is 0 Å². The van der Waals surface area contributed by atoms with E-state index in [9.17, 15) is 22.8 Å². The van der Waals surface area contributed by atoms with Gasteiger partial charge in [-0.1, -0.05) is 47.8 Å². The molecule has 3 aromatic rings. The minimum atomic E-state index is -4.47. The van der Waals surface area contributed by atoms with Crippen molar-refractivity contribution in [3.8, 4) is 11.1 Å². The summed E-state index contributed by atoms with van der Waals surface area (Å²) in [6.45, 7) is 0. The smallest absolute Gasteiger partial charge is 0.274 e. The molecule has 6 rings (SSSR count). The quantitative estimate of drug-likeness (QED) is 0.402. The summed E-state index contributed by atoms with van der Waals surface area (Å²) in [4.78, 5) is 31.7. The maximum atomic E-state index is 13.4. The van der Waals surface area contributed by atoms with Crippen molar-refractivity contribution in [2.24, 2.45) is 23.7 Å². The molecule has 0 N–H and O–H groups in total. The Balaban J connectivity index is 1.40. The van der Waals surface area contributed by atoms with E-state index in [1.165, 1.54) is 17.0 Å². The molecule has 4 nitrogen and oxygen atoms in total. The minimum Gasteiger partial charge on any atom is -0.274 e. The van der Waals surface area contributed by atoms with Crippen LogP contribution in [0.4, 0.5) is 18.3 Å². The van der Waals surface area contributed by atoms with E-state index in [4.69, 9.17) is 0 Å². The monoisotopic (exact) mass is 440 g/mol. The van der Waals surface area contributed by atoms with Gasteiger partial charge >= 0.3 is 6.18 Å². The highest BCUT2D eigenvalue weighted by Gasteiger charge is 2.60. The predicted molar refractivity (Wildman–Crippen MR) is 110 cm³/mol. The first-order chi connectivity index (χ1) is 14.8. The van der Waals surface area contributed by atoms with Gasteiger partial charge < -0.3 is 0 Å². The zero-order valence-corrected chi connectivity index (χ0v) is 16.8. The Labute approximate surface area is 179 Å². The zero-order chi connectivity index (χ0) is 21.5. The standard InChI is InChI=1S/C23H15F3N2O2S/c24-23(25,26)15-4-2-1-3-14(15)11-7-8-16-17(10-11)31-22(27-16)28-20(29)18-12-5-6-13(9-12)19(18)21(28)30/h1-8,10,12-13,18-19H,9H2/t12-,13+,18-,19+. The van der Waals surface area contributed by atoms with Crippen LogP contribution in [0.15, 0.2) is 54.6 Å². The first-order valence-corrected chi connectivity index (χ1v) is 10.8. The van der Waals surface area contributed by atoms with E-state index in [1.807, 2.05) is 12.2 Å². The Bertz CT molecular complexity index is 1270. The number of halogens is 3. The Kier molecular flexibility index (Phi) is 3.78. The van der Waals surface area contributed by atoms with Crippen LogP contribution in [0.25, 0.3) is 21.3 Å². The topological polar surface area (TPSA) is 50.3 Å². The molecule has 0 spiro atoms. The number of benzene rings is 2. The second-order valence-electron chi connectivity index (χ2n) is 8.23. The van der Waals surface area contributed by atoms with Crippen LogP contribution in [0.1, 0.15) is 12.0 Å². The van der Waals surface area contributed by atoms with Crippen molar-refractivity contribution >= 4 is 38.5 Å². The van der Waals surface area contributed by atoms with Gasteiger partial charge in [0.1, 0.15) is 0 Å². The lowest BCUT2D eigenvalue weighted by atomic mass is 9.85. The van der Waals surface area contributed by atoms with Crippen LogP contribution in [-0.4, -0.2) is 16.8 Å². The van der Waals surface area contributed by atoms with E-state index < -0.39 is 11.7 Å². The van der Waals surface area contributed by atoms with Gasteiger partial charge in [-0.2, -0.15) is 13.2 Å². The Morgan fingerprint density at radius 2 is 1.65 bits per heavy atom. The molecule has 2 aliphatic carbocycles. The molecule has 31 heavy (non-hydrogen) atoms. The Hall–Kier alpha value is -3.00. The number of carbonyl (C=O) groups excluding carboxylic acids is 2. The third-order valence-corrected chi connectivity index (χ3v) is 7.59. The predicted octanol–water partition coefficient (Wildman–Crippen LogP) is 5.29. The summed E-state index contributed by atoms with van der Waals surface area (Å²) in [7, 11) is 0. The molecule has 156 valence electrons. The summed E-state index contributed by atoms with van der Waals surface area (Å²) in [5, 5.41) is 0.292. The average Bonchev–Trinajstić information content (AvgIpc) is 3.49. The molecule has 1 aromatic heterocycles. The van der Waals surface area contributed by atoms with E-state index in [-0.39, 0.29) is 41.0 Å². The zero-order valence-electron chi connectivity index (χ0n) is 16.0. The molecule has 4 atom stereocenters. The number of anilines is 1. The lowest BCUT2D eigenvalue weighted by Gasteiger charge is -2.14. The van der Waals surface area contributed by atoms with Crippen molar-refractivity contribution in [1.29, 1.82) is 0 Å². The van der Waals surface area contributed by atoms with Crippen LogP contribution >= 0.6 is 11.3 Å². The van der Waals surface area contributed by atoms with Crippen molar-refractivity contribution in [3.63, 3.8) is 0 Å². The molecule has 0 radical (unpaired) electrons. The van der Waals surface area contributed by atoms with Crippen LogP contribution in [0.2, 0.25) is 0 Å². The lowest BCUT2D eigenvalue weighted by molar-refractivity contribution is -0.137. The molecule has 1 aliphatic heterocycles. The molecule has 2 aromatic carbocycles. The number of fused-ring (bicyclic) bond motifs is 6. The number of nitrogens with zero attached hydrogens (tertiary/aromatic N) is 2. The fourth-order valence-corrected chi connectivity index (χ4v) is 6.26. The third-order valence-electron chi connectivity index (χ3n) is 6.58. The van der Waals surface area contributed by atoms with Gasteiger partial charge in [-0.05, 0) is 47.6 Å². The summed E-state index contributed by atoms with van der Waals surface area (Å²) >= 11 is 1.16. The largest absolute Gasteiger partial charge is 0.417 e.